The third kappa shape index (κ3) is 1.37. The van der Waals surface area contributed by atoms with Crippen LogP contribution in [0.4, 0.5) is 0 Å². The minimum Gasteiger partial charge on any atom is -0.469 e. The summed E-state index contributed by atoms with van der Waals surface area (Å²) in [7, 11) is 1.93. The van der Waals surface area contributed by atoms with Crippen LogP contribution in [0.3, 0.4) is 0 Å². The maximum Gasteiger partial charge on any atom is 0.110 e. The zero-order valence-corrected chi connectivity index (χ0v) is 8.60. The Morgan fingerprint density at radius 2 is 2.47 bits per heavy atom. The second-order valence-electron chi connectivity index (χ2n) is 3.85. The maximum atomic E-state index is 5.44. The zero-order valence-electron chi connectivity index (χ0n) is 8.60. The first-order valence-corrected chi connectivity index (χ1v) is 5.14. The van der Waals surface area contributed by atoms with Gasteiger partial charge in [0.2, 0.25) is 0 Å². The lowest BCUT2D eigenvalue weighted by atomic mass is 9.99. The average molecular weight is 203 g/mol. The number of hydrogen-bond donors (Lipinski definition) is 1. The van der Waals surface area contributed by atoms with E-state index in [1.165, 1.54) is 5.56 Å². The Morgan fingerprint density at radius 1 is 1.53 bits per heavy atom. The van der Waals surface area contributed by atoms with E-state index < -0.39 is 0 Å². The molecule has 0 radical (unpaired) electrons. The fourth-order valence-electron chi connectivity index (χ4n) is 2.10. The molecule has 4 nitrogen and oxygen atoms in total. The van der Waals surface area contributed by atoms with Crippen LogP contribution in [0, 0.1) is 0 Å². The first-order chi connectivity index (χ1) is 7.34. The second-order valence-corrected chi connectivity index (χ2v) is 3.85. The normalized spacial score (nSPS) is 20.2. The van der Waals surface area contributed by atoms with Crippen molar-refractivity contribution in [1.29, 1.82) is 0 Å². The molecule has 0 aliphatic carbocycles. The SMILES string of the molecule is Cn1ccc(C2NCCc3occc32)n1. The molecule has 15 heavy (non-hydrogen) atoms. The van der Waals surface area contributed by atoms with Crippen molar-refractivity contribution < 1.29 is 4.42 Å². The van der Waals surface area contributed by atoms with Crippen LogP contribution in [0.2, 0.25) is 0 Å². The topological polar surface area (TPSA) is 43.0 Å². The van der Waals surface area contributed by atoms with Gasteiger partial charge in [0.1, 0.15) is 5.76 Å². The van der Waals surface area contributed by atoms with Crippen LogP contribution in [-0.2, 0) is 13.5 Å². The highest BCUT2D eigenvalue weighted by Crippen LogP contribution is 2.28. The Bertz CT molecular complexity index is 472. The first kappa shape index (κ1) is 8.73. The van der Waals surface area contributed by atoms with Gasteiger partial charge in [-0.25, -0.2) is 0 Å². The lowest BCUT2D eigenvalue weighted by molar-refractivity contribution is 0.451. The number of fused-ring (bicyclic) bond motifs is 1. The van der Waals surface area contributed by atoms with Gasteiger partial charge < -0.3 is 9.73 Å². The van der Waals surface area contributed by atoms with Crippen molar-refractivity contribution in [3.8, 4) is 0 Å². The predicted octanol–water partition coefficient (Wildman–Crippen LogP) is 1.25. The highest BCUT2D eigenvalue weighted by Gasteiger charge is 2.24. The smallest absolute Gasteiger partial charge is 0.110 e. The molecule has 4 heteroatoms. The summed E-state index contributed by atoms with van der Waals surface area (Å²) in [5.74, 6) is 1.09. The fourth-order valence-corrected chi connectivity index (χ4v) is 2.10. The summed E-state index contributed by atoms with van der Waals surface area (Å²) in [6.45, 7) is 0.946. The van der Waals surface area contributed by atoms with Crippen LogP contribution in [0.15, 0.2) is 29.0 Å². The molecule has 0 bridgehead atoms. The molecule has 1 atom stereocenters. The molecule has 2 aromatic heterocycles. The number of rotatable bonds is 1. The van der Waals surface area contributed by atoms with Crippen molar-refractivity contribution >= 4 is 0 Å². The lowest BCUT2D eigenvalue weighted by Crippen LogP contribution is -2.30. The fraction of sp³-hybridized carbons (Fsp3) is 0.364. The molecule has 0 saturated carbocycles. The van der Waals surface area contributed by atoms with Crippen LogP contribution < -0.4 is 5.32 Å². The molecule has 0 fully saturated rings. The van der Waals surface area contributed by atoms with Crippen molar-refractivity contribution in [2.75, 3.05) is 6.54 Å². The second kappa shape index (κ2) is 3.24. The number of aryl methyl sites for hydroxylation is 1. The maximum absolute atomic E-state index is 5.44. The van der Waals surface area contributed by atoms with Gasteiger partial charge in [-0.05, 0) is 12.1 Å². The van der Waals surface area contributed by atoms with Crippen LogP contribution in [0.1, 0.15) is 23.1 Å². The van der Waals surface area contributed by atoms with Gasteiger partial charge in [-0.15, -0.1) is 0 Å². The third-order valence-corrected chi connectivity index (χ3v) is 2.82. The molecule has 78 valence electrons. The summed E-state index contributed by atoms with van der Waals surface area (Å²) in [5, 5.41) is 7.88. The Kier molecular flexibility index (Phi) is 1.89. The van der Waals surface area contributed by atoms with E-state index in [0.29, 0.717) is 0 Å². The molecule has 0 aromatic carbocycles. The van der Waals surface area contributed by atoms with Crippen molar-refractivity contribution in [3.63, 3.8) is 0 Å². The quantitative estimate of drug-likeness (QED) is 0.758. The standard InChI is InChI=1S/C11H13N3O/c1-14-6-3-9(13-14)11-8-4-7-15-10(8)2-5-12-11/h3-4,6-7,11-12H,2,5H2,1H3. The van der Waals surface area contributed by atoms with Gasteiger partial charge in [0.15, 0.2) is 0 Å². The largest absolute Gasteiger partial charge is 0.469 e. The van der Waals surface area contributed by atoms with Gasteiger partial charge in [0.05, 0.1) is 18.0 Å². The van der Waals surface area contributed by atoms with E-state index in [0.717, 1.165) is 24.4 Å². The summed E-state index contributed by atoms with van der Waals surface area (Å²) in [5.41, 5.74) is 2.28. The summed E-state index contributed by atoms with van der Waals surface area (Å²) in [4.78, 5) is 0. The first-order valence-electron chi connectivity index (χ1n) is 5.14. The van der Waals surface area contributed by atoms with E-state index in [4.69, 9.17) is 4.42 Å². The molecule has 0 amide bonds. The number of furan rings is 1. The van der Waals surface area contributed by atoms with E-state index in [1.807, 2.05) is 30.1 Å². The Hall–Kier alpha value is -1.55. The number of hydrogen-bond acceptors (Lipinski definition) is 3. The summed E-state index contributed by atoms with van der Waals surface area (Å²) in [6, 6.07) is 4.26. The van der Waals surface area contributed by atoms with Gasteiger partial charge in [-0.3, -0.25) is 4.68 Å². The molecule has 3 rings (SSSR count). The van der Waals surface area contributed by atoms with Crippen molar-refractivity contribution in [2.45, 2.75) is 12.5 Å². The van der Waals surface area contributed by atoms with Crippen molar-refractivity contribution in [2.24, 2.45) is 7.05 Å². The Labute approximate surface area is 87.9 Å². The van der Waals surface area contributed by atoms with Gasteiger partial charge in [0, 0.05) is 31.8 Å². The lowest BCUT2D eigenvalue weighted by Gasteiger charge is -2.21. The van der Waals surface area contributed by atoms with Gasteiger partial charge in [-0.1, -0.05) is 0 Å². The Morgan fingerprint density at radius 3 is 3.27 bits per heavy atom. The Balaban J connectivity index is 2.02. The average Bonchev–Trinajstić information content (AvgIpc) is 2.84. The van der Waals surface area contributed by atoms with E-state index >= 15 is 0 Å². The van der Waals surface area contributed by atoms with E-state index in [1.54, 1.807) is 6.26 Å². The molecule has 2 aromatic rings. The number of nitrogens with one attached hydrogen (secondary N) is 1. The van der Waals surface area contributed by atoms with Crippen LogP contribution in [0.5, 0.6) is 0 Å². The van der Waals surface area contributed by atoms with Gasteiger partial charge in [0.25, 0.3) is 0 Å². The highest BCUT2D eigenvalue weighted by molar-refractivity contribution is 5.31. The highest BCUT2D eigenvalue weighted by atomic mass is 16.3. The minimum absolute atomic E-state index is 0.189. The van der Waals surface area contributed by atoms with Crippen LogP contribution in [-0.4, -0.2) is 16.3 Å². The van der Waals surface area contributed by atoms with Crippen LogP contribution in [0.25, 0.3) is 0 Å². The van der Waals surface area contributed by atoms with E-state index in [9.17, 15) is 0 Å². The van der Waals surface area contributed by atoms with E-state index in [-0.39, 0.29) is 6.04 Å². The van der Waals surface area contributed by atoms with Crippen LogP contribution >= 0.6 is 0 Å². The number of aromatic nitrogens is 2. The van der Waals surface area contributed by atoms with Gasteiger partial charge in [-0.2, -0.15) is 5.10 Å². The molecule has 1 aliphatic heterocycles. The minimum atomic E-state index is 0.189. The third-order valence-electron chi connectivity index (χ3n) is 2.82. The number of nitrogens with zero attached hydrogens (tertiary/aromatic N) is 2. The summed E-state index contributed by atoms with van der Waals surface area (Å²) in [6.07, 6.45) is 4.69. The monoisotopic (exact) mass is 203 g/mol. The predicted molar refractivity (Wildman–Crippen MR) is 55.5 cm³/mol. The molecular weight excluding hydrogens is 190 g/mol. The molecule has 1 N–H and O–H groups in total. The molecule has 1 unspecified atom stereocenters. The van der Waals surface area contributed by atoms with E-state index in [2.05, 4.69) is 10.4 Å². The molecular formula is C11H13N3O. The molecule has 1 aliphatic rings. The molecule has 0 spiro atoms. The van der Waals surface area contributed by atoms with Crippen molar-refractivity contribution in [3.05, 3.63) is 41.6 Å². The molecule has 3 heterocycles. The summed E-state index contributed by atoms with van der Waals surface area (Å²) >= 11 is 0. The van der Waals surface area contributed by atoms with Crippen molar-refractivity contribution in [1.82, 2.24) is 15.1 Å². The molecule has 0 saturated heterocycles. The van der Waals surface area contributed by atoms with Gasteiger partial charge >= 0.3 is 0 Å². The summed E-state index contributed by atoms with van der Waals surface area (Å²) < 4.78 is 7.26. The zero-order chi connectivity index (χ0) is 10.3.